The molecule has 2 rings (SSSR count). The third-order valence-corrected chi connectivity index (χ3v) is 7.20. The van der Waals surface area contributed by atoms with Gasteiger partial charge in [-0.05, 0) is 27.7 Å². The van der Waals surface area contributed by atoms with Crippen molar-refractivity contribution in [2.24, 2.45) is 0 Å². The molecule has 2 N–H and O–H groups in total. The van der Waals surface area contributed by atoms with Crippen molar-refractivity contribution < 1.29 is 24.2 Å². The number of likely N-dealkylation sites (tertiary alicyclic amines) is 1. The molecule has 0 aromatic carbocycles. The highest BCUT2D eigenvalue weighted by atomic mass is 32.2. The lowest BCUT2D eigenvalue weighted by atomic mass is 10.2. The van der Waals surface area contributed by atoms with E-state index in [-0.39, 0.29) is 4.08 Å². The Morgan fingerprint density at radius 3 is 2.38 bits per heavy atom. The first kappa shape index (κ1) is 19.2. The van der Waals surface area contributed by atoms with Crippen LogP contribution in [0.1, 0.15) is 34.1 Å². The molecule has 136 valence electrons. The standard InChI is InChI=1S/C15H24N2O5S2/c1-9(16-13(21)22-14(2,3)4)11(18)17-8-15(23-5-6-24-15)7-10(17)12(19)20/h9-10H,5-8H2,1-4H3,(H,16,21)(H,19,20)/t9-,10?/m0/s1. The number of amides is 2. The summed E-state index contributed by atoms with van der Waals surface area (Å²) in [6.45, 7) is 7.14. The molecular weight excluding hydrogens is 352 g/mol. The van der Waals surface area contributed by atoms with E-state index >= 15 is 0 Å². The molecule has 0 saturated carbocycles. The first-order valence-corrected chi connectivity index (χ1v) is 9.81. The van der Waals surface area contributed by atoms with E-state index in [0.717, 1.165) is 11.5 Å². The normalized spacial score (nSPS) is 24.0. The van der Waals surface area contributed by atoms with Crippen LogP contribution in [0.15, 0.2) is 0 Å². The molecule has 2 atom stereocenters. The van der Waals surface area contributed by atoms with Crippen molar-refractivity contribution in [3.8, 4) is 0 Å². The number of ether oxygens (including phenoxy) is 1. The molecule has 2 heterocycles. The number of hydrogen-bond donors (Lipinski definition) is 2. The summed E-state index contributed by atoms with van der Waals surface area (Å²) in [5.41, 5.74) is -0.661. The van der Waals surface area contributed by atoms with E-state index < -0.39 is 35.7 Å². The van der Waals surface area contributed by atoms with Gasteiger partial charge in [-0.3, -0.25) is 4.79 Å². The maximum Gasteiger partial charge on any atom is 0.408 e. The Hall–Kier alpha value is -1.09. The molecule has 0 radical (unpaired) electrons. The number of rotatable bonds is 3. The van der Waals surface area contributed by atoms with Gasteiger partial charge in [0.05, 0.1) is 4.08 Å². The highest BCUT2D eigenvalue weighted by molar-refractivity contribution is 8.21. The van der Waals surface area contributed by atoms with Crippen molar-refractivity contribution in [2.75, 3.05) is 18.1 Å². The molecule has 0 aromatic heterocycles. The predicted octanol–water partition coefficient (Wildman–Crippen LogP) is 1.76. The molecule has 24 heavy (non-hydrogen) atoms. The number of carboxylic acid groups (broad SMARTS) is 1. The fourth-order valence-corrected chi connectivity index (χ4v) is 6.05. The fraction of sp³-hybridized carbons (Fsp3) is 0.800. The number of nitrogens with one attached hydrogen (secondary N) is 1. The zero-order valence-corrected chi connectivity index (χ0v) is 16.0. The number of nitrogens with zero attached hydrogens (tertiary/aromatic N) is 1. The van der Waals surface area contributed by atoms with Crippen molar-refractivity contribution in [1.82, 2.24) is 10.2 Å². The Labute approximate surface area is 150 Å². The van der Waals surface area contributed by atoms with Crippen LogP contribution in [0.4, 0.5) is 4.79 Å². The van der Waals surface area contributed by atoms with Crippen molar-refractivity contribution >= 4 is 41.5 Å². The van der Waals surface area contributed by atoms with E-state index in [4.69, 9.17) is 4.74 Å². The average Bonchev–Trinajstić information content (AvgIpc) is 3.03. The number of carboxylic acids is 1. The van der Waals surface area contributed by atoms with Gasteiger partial charge in [-0.15, -0.1) is 23.5 Å². The van der Waals surface area contributed by atoms with Crippen molar-refractivity contribution in [3.05, 3.63) is 0 Å². The molecule has 7 nitrogen and oxygen atoms in total. The second-order valence-corrected chi connectivity index (χ2v) is 10.2. The van der Waals surface area contributed by atoms with E-state index in [1.807, 2.05) is 0 Å². The third kappa shape index (κ3) is 4.50. The van der Waals surface area contributed by atoms with Crippen LogP contribution < -0.4 is 5.32 Å². The monoisotopic (exact) mass is 376 g/mol. The number of thioether (sulfide) groups is 2. The summed E-state index contributed by atoms with van der Waals surface area (Å²) in [6.07, 6.45) is -0.253. The maximum absolute atomic E-state index is 12.7. The highest BCUT2D eigenvalue weighted by Crippen LogP contribution is 2.51. The molecule has 2 fully saturated rings. The number of carbonyl (C=O) groups is 3. The number of carbonyl (C=O) groups excluding carboxylic acids is 2. The molecule has 2 aliphatic rings. The van der Waals surface area contributed by atoms with Gasteiger partial charge in [-0.1, -0.05) is 0 Å². The summed E-state index contributed by atoms with van der Waals surface area (Å²) in [5, 5.41) is 12.0. The van der Waals surface area contributed by atoms with E-state index in [2.05, 4.69) is 5.32 Å². The van der Waals surface area contributed by atoms with Crippen molar-refractivity contribution in [1.29, 1.82) is 0 Å². The lowest BCUT2D eigenvalue weighted by molar-refractivity contribution is -0.148. The SMILES string of the molecule is C[C@H](NC(=O)OC(C)(C)C)C(=O)N1CC2(CC1C(=O)O)SCCS2. The molecular formula is C15H24N2O5S2. The molecule has 2 aliphatic heterocycles. The minimum absolute atomic E-state index is 0.232. The van der Waals surface area contributed by atoms with Gasteiger partial charge in [0.25, 0.3) is 0 Å². The van der Waals surface area contributed by atoms with Gasteiger partial charge < -0.3 is 20.1 Å². The van der Waals surface area contributed by atoms with E-state index in [0.29, 0.717) is 13.0 Å². The first-order valence-electron chi connectivity index (χ1n) is 7.84. The topological polar surface area (TPSA) is 95.9 Å². The molecule has 2 saturated heterocycles. The van der Waals surface area contributed by atoms with Gasteiger partial charge in [0.1, 0.15) is 17.7 Å². The Morgan fingerprint density at radius 2 is 1.88 bits per heavy atom. The van der Waals surface area contributed by atoms with Crippen LogP contribution in [0.3, 0.4) is 0 Å². The lowest BCUT2D eigenvalue weighted by Gasteiger charge is -2.27. The first-order chi connectivity index (χ1) is 11.0. The Bertz CT molecular complexity index is 528. The van der Waals surface area contributed by atoms with Gasteiger partial charge in [0.15, 0.2) is 0 Å². The summed E-state index contributed by atoms with van der Waals surface area (Å²) in [7, 11) is 0. The van der Waals surface area contributed by atoms with E-state index in [9.17, 15) is 19.5 Å². The van der Waals surface area contributed by atoms with Crippen LogP contribution >= 0.6 is 23.5 Å². The molecule has 0 aliphatic carbocycles. The molecule has 0 aromatic rings. The van der Waals surface area contributed by atoms with Gasteiger partial charge in [0.2, 0.25) is 5.91 Å². The van der Waals surface area contributed by atoms with Gasteiger partial charge in [-0.2, -0.15) is 0 Å². The zero-order valence-electron chi connectivity index (χ0n) is 14.3. The van der Waals surface area contributed by atoms with Crippen LogP contribution in [-0.4, -0.2) is 67.8 Å². The van der Waals surface area contributed by atoms with E-state index in [1.165, 1.54) is 4.90 Å². The molecule has 1 unspecified atom stereocenters. The van der Waals surface area contributed by atoms with Crippen LogP contribution in [0.2, 0.25) is 0 Å². The lowest BCUT2D eigenvalue weighted by Crippen LogP contribution is -2.51. The van der Waals surface area contributed by atoms with Crippen LogP contribution in [0.5, 0.6) is 0 Å². The largest absolute Gasteiger partial charge is 0.480 e. The van der Waals surface area contributed by atoms with Gasteiger partial charge in [-0.25, -0.2) is 9.59 Å². The summed E-state index contributed by atoms with van der Waals surface area (Å²) in [6, 6.07) is -1.69. The molecule has 9 heteroatoms. The van der Waals surface area contributed by atoms with Crippen LogP contribution in [0.25, 0.3) is 0 Å². The minimum atomic E-state index is -1.00. The Balaban J connectivity index is 2.03. The Morgan fingerprint density at radius 1 is 1.29 bits per heavy atom. The second-order valence-electron chi connectivity index (χ2n) is 7.00. The summed E-state index contributed by atoms with van der Waals surface area (Å²) >= 11 is 3.44. The summed E-state index contributed by atoms with van der Waals surface area (Å²) in [4.78, 5) is 37.4. The second kappa shape index (κ2) is 7.03. The minimum Gasteiger partial charge on any atom is -0.480 e. The quantitative estimate of drug-likeness (QED) is 0.775. The van der Waals surface area contributed by atoms with Crippen molar-refractivity contribution in [3.63, 3.8) is 0 Å². The van der Waals surface area contributed by atoms with Crippen molar-refractivity contribution in [2.45, 2.75) is 55.9 Å². The molecule has 1 spiro atoms. The molecule has 0 bridgehead atoms. The maximum atomic E-state index is 12.7. The summed E-state index contributed by atoms with van der Waals surface area (Å²) in [5.74, 6) is 0.534. The Kier molecular flexibility index (Phi) is 5.64. The zero-order chi connectivity index (χ0) is 18.1. The van der Waals surface area contributed by atoms with Gasteiger partial charge >= 0.3 is 12.1 Å². The number of hydrogen-bond acceptors (Lipinski definition) is 6. The number of aliphatic carboxylic acids is 1. The van der Waals surface area contributed by atoms with Gasteiger partial charge in [0, 0.05) is 24.5 Å². The van der Waals surface area contributed by atoms with E-state index in [1.54, 1.807) is 51.2 Å². The third-order valence-electron chi connectivity index (χ3n) is 3.78. The predicted molar refractivity (Wildman–Crippen MR) is 94.2 cm³/mol. The molecule has 2 amide bonds. The number of alkyl carbamates (subject to hydrolysis) is 1. The smallest absolute Gasteiger partial charge is 0.408 e. The fourth-order valence-electron chi connectivity index (χ4n) is 2.79. The highest BCUT2D eigenvalue weighted by Gasteiger charge is 2.52. The average molecular weight is 377 g/mol. The summed E-state index contributed by atoms with van der Waals surface area (Å²) < 4.78 is 4.91. The van der Waals surface area contributed by atoms with Crippen LogP contribution in [-0.2, 0) is 14.3 Å². The van der Waals surface area contributed by atoms with Crippen LogP contribution in [0, 0.1) is 0 Å².